The molecule has 5 heteroatoms. The quantitative estimate of drug-likeness (QED) is 0.596. The largest absolute Gasteiger partial charge is 0.496 e. The first-order valence-corrected chi connectivity index (χ1v) is 7.19. The second-order valence-electron chi connectivity index (χ2n) is 5.08. The molecular formula is C16H21NO4. The van der Waals surface area contributed by atoms with E-state index in [2.05, 4.69) is 4.99 Å². The van der Waals surface area contributed by atoms with Gasteiger partial charge in [0.05, 0.1) is 20.8 Å². The van der Waals surface area contributed by atoms with Crippen LogP contribution in [-0.2, 0) is 10.3 Å². The van der Waals surface area contributed by atoms with Gasteiger partial charge in [0.1, 0.15) is 11.3 Å². The van der Waals surface area contributed by atoms with E-state index in [0.29, 0.717) is 23.9 Å². The number of carbonyl (C=O) groups excluding carboxylic acids is 1. The molecule has 1 aromatic carbocycles. The first-order chi connectivity index (χ1) is 10.2. The molecule has 1 fully saturated rings. The van der Waals surface area contributed by atoms with Gasteiger partial charge in [-0.15, -0.1) is 0 Å². The first-order valence-electron chi connectivity index (χ1n) is 7.19. The first kappa shape index (κ1) is 15.4. The normalized spacial score (nSPS) is 16.1. The van der Waals surface area contributed by atoms with Crippen molar-refractivity contribution in [2.24, 2.45) is 4.99 Å². The van der Waals surface area contributed by atoms with Crippen molar-refractivity contribution in [3.05, 3.63) is 17.7 Å². The van der Waals surface area contributed by atoms with Crippen LogP contribution in [0.3, 0.4) is 0 Å². The molecule has 0 unspecified atom stereocenters. The molecule has 0 amide bonds. The van der Waals surface area contributed by atoms with Crippen molar-refractivity contribution in [3.63, 3.8) is 0 Å². The van der Waals surface area contributed by atoms with Gasteiger partial charge in [-0.3, -0.25) is 0 Å². The van der Waals surface area contributed by atoms with Crippen molar-refractivity contribution in [1.29, 1.82) is 0 Å². The molecule has 5 nitrogen and oxygen atoms in total. The number of methoxy groups -OCH3 is 2. The predicted molar refractivity (Wildman–Crippen MR) is 79.0 cm³/mol. The van der Waals surface area contributed by atoms with Crippen molar-refractivity contribution in [1.82, 2.24) is 0 Å². The Morgan fingerprint density at radius 1 is 1.14 bits per heavy atom. The Kier molecular flexibility index (Phi) is 4.86. The fourth-order valence-corrected chi connectivity index (χ4v) is 2.99. The molecule has 0 spiro atoms. The third-order valence-corrected chi connectivity index (χ3v) is 3.98. The highest BCUT2D eigenvalue weighted by Gasteiger charge is 2.39. The Morgan fingerprint density at radius 2 is 1.81 bits per heavy atom. The molecule has 0 bridgehead atoms. The Hall–Kier alpha value is -2.00. The van der Waals surface area contributed by atoms with Gasteiger partial charge in [0.15, 0.2) is 11.5 Å². The van der Waals surface area contributed by atoms with Crippen LogP contribution in [0.25, 0.3) is 0 Å². The summed E-state index contributed by atoms with van der Waals surface area (Å²) in [6, 6.07) is 3.67. The van der Waals surface area contributed by atoms with E-state index in [4.69, 9.17) is 14.2 Å². The minimum Gasteiger partial charge on any atom is -0.496 e. The fraction of sp³-hybridized carbons (Fsp3) is 0.562. The lowest BCUT2D eigenvalue weighted by Crippen LogP contribution is -2.20. The van der Waals surface area contributed by atoms with Gasteiger partial charge < -0.3 is 14.2 Å². The van der Waals surface area contributed by atoms with Crippen LogP contribution >= 0.6 is 0 Å². The molecule has 0 aliphatic heterocycles. The maximum absolute atomic E-state index is 10.9. The second kappa shape index (κ2) is 6.64. The van der Waals surface area contributed by atoms with E-state index in [9.17, 15) is 4.79 Å². The van der Waals surface area contributed by atoms with Gasteiger partial charge >= 0.3 is 0 Å². The molecule has 114 valence electrons. The van der Waals surface area contributed by atoms with Gasteiger partial charge in [0.2, 0.25) is 6.08 Å². The highest BCUT2D eigenvalue weighted by Crippen LogP contribution is 2.48. The van der Waals surface area contributed by atoms with Crippen LogP contribution in [0.1, 0.15) is 38.2 Å². The number of isocyanates is 1. The summed E-state index contributed by atoms with van der Waals surface area (Å²) < 4.78 is 16.4. The molecule has 1 aliphatic carbocycles. The number of benzene rings is 1. The maximum Gasteiger partial charge on any atom is 0.235 e. The summed E-state index contributed by atoms with van der Waals surface area (Å²) in [6.45, 7) is 2.45. The highest BCUT2D eigenvalue weighted by atomic mass is 16.5. The molecule has 0 aromatic heterocycles. The van der Waals surface area contributed by atoms with Crippen LogP contribution in [0.4, 0.5) is 0 Å². The summed E-state index contributed by atoms with van der Waals surface area (Å²) in [4.78, 5) is 15.0. The Morgan fingerprint density at radius 3 is 2.33 bits per heavy atom. The summed E-state index contributed by atoms with van der Waals surface area (Å²) >= 11 is 0. The standard InChI is InChI=1S/C16H21NO4/c1-4-21-15-9-12(13(19-2)10-14(15)20-3)16(17-11-18)7-5-6-8-16/h9-10H,4-8H2,1-3H3. The molecule has 21 heavy (non-hydrogen) atoms. The van der Waals surface area contributed by atoms with E-state index in [1.54, 1.807) is 26.4 Å². The lowest BCUT2D eigenvalue weighted by Gasteiger charge is -2.26. The molecule has 1 aromatic rings. The number of rotatable bonds is 6. The van der Waals surface area contributed by atoms with E-state index in [1.165, 1.54) is 0 Å². The number of hydrogen-bond donors (Lipinski definition) is 0. The number of aliphatic imine (C=N–C) groups is 1. The Labute approximate surface area is 124 Å². The van der Waals surface area contributed by atoms with Gasteiger partial charge in [-0.05, 0) is 25.8 Å². The molecule has 0 heterocycles. The zero-order valence-corrected chi connectivity index (χ0v) is 12.8. The van der Waals surface area contributed by atoms with E-state index < -0.39 is 5.54 Å². The van der Waals surface area contributed by atoms with E-state index in [1.807, 2.05) is 13.0 Å². The maximum atomic E-state index is 10.9. The fourth-order valence-electron chi connectivity index (χ4n) is 2.99. The van der Waals surface area contributed by atoms with Gasteiger partial charge in [0.25, 0.3) is 0 Å². The second-order valence-corrected chi connectivity index (χ2v) is 5.08. The summed E-state index contributed by atoms with van der Waals surface area (Å²) in [5.41, 5.74) is 0.320. The Bertz CT molecular complexity index is 543. The molecular weight excluding hydrogens is 270 g/mol. The smallest absolute Gasteiger partial charge is 0.235 e. The summed E-state index contributed by atoms with van der Waals surface area (Å²) in [6.07, 6.45) is 5.42. The summed E-state index contributed by atoms with van der Waals surface area (Å²) in [7, 11) is 3.19. The van der Waals surface area contributed by atoms with Gasteiger partial charge in [0, 0.05) is 11.6 Å². The number of nitrogens with zero attached hydrogens (tertiary/aromatic N) is 1. The van der Waals surface area contributed by atoms with Crippen molar-refractivity contribution in [2.75, 3.05) is 20.8 Å². The third-order valence-electron chi connectivity index (χ3n) is 3.98. The monoisotopic (exact) mass is 291 g/mol. The van der Waals surface area contributed by atoms with Crippen LogP contribution in [-0.4, -0.2) is 26.9 Å². The van der Waals surface area contributed by atoms with Crippen molar-refractivity contribution >= 4 is 6.08 Å². The molecule has 0 saturated heterocycles. The molecule has 2 rings (SSSR count). The summed E-state index contributed by atoms with van der Waals surface area (Å²) in [5.74, 6) is 1.92. The van der Waals surface area contributed by atoms with E-state index >= 15 is 0 Å². The lowest BCUT2D eigenvalue weighted by molar-refractivity contribution is 0.304. The van der Waals surface area contributed by atoms with Crippen LogP contribution in [0, 0.1) is 0 Å². The van der Waals surface area contributed by atoms with Crippen LogP contribution < -0.4 is 14.2 Å². The summed E-state index contributed by atoms with van der Waals surface area (Å²) in [5, 5.41) is 0. The van der Waals surface area contributed by atoms with Crippen LogP contribution in [0.2, 0.25) is 0 Å². The predicted octanol–water partition coefficient (Wildman–Crippen LogP) is 3.21. The van der Waals surface area contributed by atoms with Gasteiger partial charge in [-0.2, -0.15) is 4.99 Å². The van der Waals surface area contributed by atoms with Crippen molar-refractivity contribution < 1.29 is 19.0 Å². The Balaban J connectivity index is 2.59. The number of ether oxygens (including phenoxy) is 3. The van der Waals surface area contributed by atoms with Crippen LogP contribution in [0.5, 0.6) is 17.2 Å². The number of hydrogen-bond acceptors (Lipinski definition) is 5. The van der Waals surface area contributed by atoms with Gasteiger partial charge in [-0.1, -0.05) is 12.8 Å². The minimum atomic E-state index is -0.550. The SMILES string of the molecule is CCOc1cc(C2(N=C=O)CCCC2)c(OC)cc1OC. The minimum absolute atomic E-state index is 0.534. The van der Waals surface area contributed by atoms with E-state index in [0.717, 1.165) is 31.2 Å². The zero-order valence-electron chi connectivity index (χ0n) is 12.8. The van der Waals surface area contributed by atoms with Crippen LogP contribution in [0.15, 0.2) is 17.1 Å². The average Bonchev–Trinajstić information content (AvgIpc) is 2.97. The highest BCUT2D eigenvalue weighted by molar-refractivity contribution is 5.54. The van der Waals surface area contributed by atoms with Crippen molar-refractivity contribution in [3.8, 4) is 17.2 Å². The lowest BCUT2D eigenvalue weighted by atomic mass is 9.87. The molecule has 1 saturated carbocycles. The molecule has 0 N–H and O–H groups in total. The zero-order chi connectivity index (χ0) is 15.3. The molecule has 0 atom stereocenters. The topological polar surface area (TPSA) is 57.1 Å². The van der Waals surface area contributed by atoms with Crippen molar-refractivity contribution in [2.45, 2.75) is 38.1 Å². The average molecular weight is 291 g/mol. The van der Waals surface area contributed by atoms with E-state index in [-0.39, 0.29) is 0 Å². The third kappa shape index (κ3) is 2.88. The molecule has 1 aliphatic rings. The molecule has 0 radical (unpaired) electrons. The van der Waals surface area contributed by atoms with Gasteiger partial charge in [-0.25, -0.2) is 4.79 Å².